The van der Waals surface area contributed by atoms with E-state index < -0.39 is 0 Å². The smallest absolute Gasteiger partial charge is 0.223 e. The van der Waals surface area contributed by atoms with Gasteiger partial charge < -0.3 is 9.47 Å². The second-order valence-corrected chi connectivity index (χ2v) is 5.16. The fourth-order valence-corrected chi connectivity index (χ4v) is 2.36. The van der Waals surface area contributed by atoms with E-state index in [1.54, 1.807) is 12.3 Å². The highest BCUT2D eigenvalue weighted by molar-refractivity contribution is 5.81. The Hall–Kier alpha value is -3.40. The second kappa shape index (κ2) is 6.38. The zero-order chi connectivity index (χ0) is 16.2. The summed E-state index contributed by atoms with van der Waals surface area (Å²) in [6, 6.07) is 24.6. The molecule has 0 saturated carbocycles. The molecule has 4 heteroatoms. The van der Waals surface area contributed by atoms with E-state index in [0.29, 0.717) is 17.1 Å². The molecule has 116 valence electrons. The molecular weight excluding hydrogens is 300 g/mol. The first-order chi connectivity index (χ1) is 11.9. The van der Waals surface area contributed by atoms with E-state index in [0.717, 1.165) is 17.0 Å². The van der Waals surface area contributed by atoms with Crippen molar-refractivity contribution in [1.82, 2.24) is 9.97 Å². The van der Waals surface area contributed by atoms with Gasteiger partial charge in [0.2, 0.25) is 5.88 Å². The zero-order valence-electron chi connectivity index (χ0n) is 12.8. The molecule has 0 aliphatic rings. The fourth-order valence-electron chi connectivity index (χ4n) is 2.36. The summed E-state index contributed by atoms with van der Waals surface area (Å²) < 4.78 is 11.8. The van der Waals surface area contributed by atoms with Crippen LogP contribution in [-0.4, -0.2) is 9.97 Å². The first kappa shape index (κ1) is 14.2. The Bertz CT molecular complexity index is 957. The van der Waals surface area contributed by atoms with Crippen molar-refractivity contribution in [2.75, 3.05) is 0 Å². The van der Waals surface area contributed by atoms with Gasteiger partial charge in [0.25, 0.3) is 0 Å². The molecule has 0 spiro atoms. The van der Waals surface area contributed by atoms with Crippen LogP contribution >= 0.6 is 0 Å². The van der Waals surface area contributed by atoms with Crippen molar-refractivity contribution in [1.29, 1.82) is 0 Å². The third kappa shape index (κ3) is 3.03. The second-order valence-electron chi connectivity index (χ2n) is 5.16. The monoisotopic (exact) mass is 314 g/mol. The largest absolute Gasteiger partial charge is 0.455 e. The molecule has 4 aromatic rings. The number of nitrogens with zero attached hydrogens (tertiary/aromatic N) is 2. The summed E-state index contributed by atoms with van der Waals surface area (Å²) in [5.41, 5.74) is 1.42. The van der Waals surface area contributed by atoms with Crippen molar-refractivity contribution in [2.24, 2.45) is 0 Å². The normalized spacial score (nSPS) is 10.5. The molecule has 0 saturated heterocycles. The Balaban J connectivity index is 1.76. The van der Waals surface area contributed by atoms with Gasteiger partial charge in [-0.15, -0.1) is 0 Å². The lowest BCUT2D eigenvalue weighted by molar-refractivity contribution is 0.450. The Morgan fingerprint density at radius 1 is 0.667 bits per heavy atom. The molecule has 0 bridgehead atoms. The van der Waals surface area contributed by atoms with Crippen LogP contribution in [0.5, 0.6) is 23.1 Å². The van der Waals surface area contributed by atoms with Crippen LogP contribution in [0, 0.1) is 0 Å². The number of fused-ring (bicyclic) bond motifs is 1. The average molecular weight is 314 g/mol. The summed E-state index contributed by atoms with van der Waals surface area (Å²) in [4.78, 5) is 8.89. The van der Waals surface area contributed by atoms with Crippen LogP contribution in [0.1, 0.15) is 0 Å². The van der Waals surface area contributed by atoms with E-state index >= 15 is 0 Å². The third-order valence-electron chi connectivity index (χ3n) is 3.44. The molecule has 0 atom stereocenters. The molecule has 0 fully saturated rings. The number of ether oxygens (including phenoxy) is 2. The summed E-state index contributed by atoms with van der Waals surface area (Å²) in [5, 5.41) is 0. The van der Waals surface area contributed by atoms with E-state index in [-0.39, 0.29) is 0 Å². The first-order valence-electron chi connectivity index (χ1n) is 7.60. The van der Waals surface area contributed by atoms with Crippen molar-refractivity contribution >= 4 is 11.0 Å². The molecule has 0 aliphatic heterocycles. The van der Waals surface area contributed by atoms with Gasteiger partial charge in [-0.2, -0.15) is 0 Å². The van der Waals surface area contributed by atoms with E-state index in [2.05, 4.69) is 9.97 Å². The molecule has 4 nitrogen and oxygen atoms in total. The third-order valence-corrected chi connectivity index (χ3v) is 3.44. The van der Waals surface area contributed by atoms with Crippen molar-refractivity contribution < 1.29 is 9.47 Å². The van der Waals surface area contributed by atoms with Crippen LogP contribution in [-0.2, 0) is 0 Å². The number of pyridine rings is 2. The number of para-hydroxylation sites is 2. The van der Waals surface area contributed by atoms with E-state index in [9.17, 15) is 0 Å². The quantitative estimate of drug-likeness (QED) is 0.518. The van der Waals surface area contributed by atoms with Crippen LogP contribution in [0.2, 0.25) is 0 Å². The zero-order valence-corrected chi connectivity index (χ0v) is 12.8. The number of benzene rings is 2. The van der Waals surface area contributed by atoms with Gasteiger partial charge in [-0.25, -0.2) is 4.98 Å². The fraction of sp³-hybridized carbons (Fsp3) is 0. The molecule has 2 aromatic heterocycles. The highest BCUT2D eigenvalue weighted by Crippen LogP contribution is 2.32. The van der Waals surface area contributed by atoms with Crippen LogP contribution in [0.4, 0.5) is 0 Å². The molecule has 2 heterocycles. The van der Waals surface area contributed by atoms with Gasteiger partial charge >= 0.3 is 0 Å². The topological polar surface area (TPSA) is 44.2 Å². The van der Waals surface area contributed by atoms with Crippen LogP contribution < -0.4 is 9.47 Å². The highest BCUT2D eigenvalue weighted by atomic mass is 16.5. The lowest BCUT2D eigenvalue weighted by atomic mass is 10.3. The summed E-state index contributed by atoms with van der Waals surface area (Å²) in [6.07, 6.45) is 1.72. The maximum Gasteiger partial charge on any atom is 0.223 e. The Kier molecular flexibility index (Phi) is 3.78. The number of aromatic nitrogens is 2. The van der Waals surface area contributed by atoms with Crippen molar-refractivity contribution in [3.05, 3.63) is 85.1 Å². The molecule has 24 heavy (non-hydrogen) atoms. The summed E-state index contributed by atoms with van der Waals surface area (Å²) in [6.45, 7) is 0. The van der Waals surface area contributed by atoms with E-state index in [1.165, 1.54) is 0 Å². The van der Waals surface area contributed by atoms with Gasteiger partial charge in [0.05, 0.1) is 5.52 Å². The van der Waals surface area contributed by atoms with Gasteiger partial charge in [-0.05, 0) is 36.4 Å². The van der Waals surface area contributed by atoms with Crippen LogP contribution in [0.25, 0.3) is 11.0 Å². The molecule has 0 unspecified atom stereocenters. The standard InChI is InChI=1S/C20H14N2O2/c1-3-8-15(9-4-1)23-18-14-19(24-16-10-5-2-6-11-16)22-17-12-7-13-21-20(17)18/h1-14H. The van der Waals surface area contributed by atoms with Gasteiger partial charge in [0.15, 0.2) is 5.75 Å². The predicted octanol–water partition coefficient (Wildman–Crippen LogP) is 5.21. The van der Waals surface area contributed by atoms with E-state index in [4.69, 9.17) is 9.47 Å². The van der Waals surface area contributed by atoms with Gasteiger partial charge in [-0.3, -0.25) is 4.98 Å². The molecule has 4 rings (SSSR count). The molecule has 0 radical (unpaired) electrons. The predicted molar refractivity (Wildman–Crippen MR) is 92.6 cm³/mol. The SMILES string of the molecule is c1ccc(Oc2cc(Oc3ccccc3)c3ncccc3n2)cc1. The Labute approximate surface area is 139 Å². The van der Waals surface area contributed by atoms with Crippen molar-refractivity contribution in [2.45, 2.75) is 0 Å². The molecule has 0 aliphatic carbocycles. The molecule has 0 amide bonds. The average Bonchev–Trinajstić information content (AvgIpc) is 2.63. The van der Waals surface area contributed by atoms with Crippen molar-refractivity contribution in [3.63, 3.8) is 0 Å². The van der Waals surface area contributed by atoms with Crippen LogP contribution in [0.15, 0.2) is 85.1 Å². The van der Waals surface area contributed by atoms with E-state index in [1.807, 2.05) is 72.8 Å². The number of hydrogen-bond donors (Lipinski definition) is 0. The highest BCUT2D eigenvalue weighted by Gasteiger charge is 2.10. The lowest BCUT2D eigenvalue weighted by Gasteiger charge is -2.11. The maximum absolute atomic E-state index is 5.99. The Morgan fingerprint density at radius 2 is 1.33 bits per heavy atom. The van der Waals surface area contributed by atoms with Crippen LogP contribution in [0.3, 0.4) is 0 Å². The molecular formula is C20H14N2O2. The van der Waals surface area contributed by atoms with Gasteiger partial charge in [0, 0.05) is 12.3 Å². The Morgan fingerprint density at radius 3 is 2.04 bits per heavy atom. The minimum absolute atomic E-state index is 0.465. The molecule has 0 N–H and O–H groups in total. The first-order valence-corrected chi connectivity index (χ1v) is 7.60. The molecule has 2 aromatic carbocycles. The van der Waals surface area contributed by atoms with Gasteiger partial charge in [-0.1, -0.05) is 36.4 Å². The minimum atomic E-state index is 0.465. The minimum Gasteiger partial charge on any atom is -0.455 e. The number of rotatable bonds is 4. The van der Waals surface area contributed by atoms with Gasteiger partial charge in [0.1, 0.15) is 17.0 Å². The summed E-state index contributed by atoms with van der Waals surface area (Å²) in [7, 11) is 0. The lowest BCUT2D eigenvalue weighted by Crippen LogP contribution is -1.94. The van der Waals surface area contributed by atoms with Crippen molar-refractivity contribution in [3.8, 4) is 23.1 Å². The number of hydrogen-bond acceptors (Lipinski definition) is 4. The summed E-state index contributed by atoms with van der Waals surface area (Å²) >= 11 is 0. The summed E-state index contributed by atoms with van der Waals surface area (Å²) in [5.74, 6) is 2.53. The maximum atomic E-state index is 5.99.